The molecule has 1 aliphatic heterocycles. The van der Waals surface area contributed by atoms with E-state index in [1.54, 1.807) is 6.08 Å². The van der Waals surface area contributed by atoms with E-state index in [2.05, 4.69) is 5.32 Å². The first-order valence-electron chi connectivity index (χ1n) is 3.36. The molecule has 0 aromatic rings. The van der Waals surface area contributed by atoms with Crippen molar-refractivity contribution in [2.45, 2.75) is 13.8 Å². The summed E-state index contributed by atoms with van der Waals surface area (Å²) in [4.78, 5) is 0. The zero-order valence-electron chi connectivity index (χ0n) is 6.32. The minimum atomic E-state index is 0.564. The zero-order valence-corrected chi connectivity index (χ0v) is 7.07. The molecule has 0 fully saturated rings. The number of hydrogen-bond acceptors (Lipinski definition) is 2. The van der Waals surface area contributed by atoms with Gasteiger partial charge in [-0.1, -0.05) is 31.5 Å². The van der Waals surface area contributed by atoms with Crippen molar-refractivity contribution in [3.8, 4) is 0 Å². The predicted octanol–water partition coefficient (Wildman–Crippen LogP) is 1.54. The third-order valence-electron chi connectivity index (χ3n) is 0.932. The van der Waals surface area contributed by atoms with Crippen LogP contribution in [0.15, 0.2) is 23.0 Å². The van der Waals surface area contributed by atoms with Crippen LogP contribution >= 0.6 is 11.6 Å². The van der Waals surface area contributed by atoms with Crippen molar-refractivity contribution in [1.29, 1.82) is 0 Å². The molecule has 3 N–H and O–H groups in total. The molecule has 3 heteroatoms. The first-order chi connectivity index (χ1) is 4.80. The maximum atomic E-state index is 5.57. The molecule has 0 aromatic heterocycles. The third-order valence-corrected chi connectivity index (χ3v) is 1.26. The Labute approximate surface area is 66.7 Å². The van der Waals surface area contributed by atoms with Gasteiger partial charge in [0, 0.05) is 6.54 Å². The molecule has 0 saturated carbocycles. The first-order valence-corrected chi connectivity index (χ1v) is 3.74. The predicted molar refractivity (Wildman–Crippen MR) is 45.6 cm³/mol. The van der Waals surface area contributed by atoms with E-state index in [1.807, 2.05) is 19.9 Å². The Balaban J connectivity index is 0.000000371. The molecule has 58 valence electrons. The van der Waals surface area contributed by atoms with Crippen LogP contribution < -0.4 is 11.1 Å². The summed E-state index contributed by atoms with van der Waals surface area (Å²) < 4.78 is 0. The molecule has 0 radical (unpaired) electrons. The standard InChI is InChI=1S/C5H7ClN2.C2H6/c6-4-2-1-3-8-5(4)7;1-2/h1-2,8H,3,7H2;1-2H3. The van der Waals surface area contributed by atoms with Crippen LogP contribution in [0, 0.1) is 0 Å². The van der Waals surface area contributed by atoms with Gasteiger partial charge in [-0.2, -0.15) is 0 Å². The topological polar surface area (TPSA) is 38.0 Å². The summed E-state index contributed by atoms with van der Waals surface area (Å²) in [7, 11) is 0. The Bertz CT molecular complexity index is 150. The second-order valence-corrected chi connectivity index (χ2v) is 1.95. The SMILES string of the molecule is CC.NC1=C(Cl)C=CCN1. The van der Waals surface area contributed by atoms with Gasteiger partial charge in [-0.05, 0) is 6.08 Å². The van der Waals surface area contributed by atoms with Crippen molar-refractivity contribution in [3.63, 3.8) is 0 Å². The maximum Gasteiger partial charge on any atom is 0.115 e. The second kappa shape index (κ2) is 5.18. The Hall–Kier alpha value is -0.630. The number of rotatable bonds is 0. The van der Waals surface area contributed by atoms with Crippen LogP contribution in [-0.2, 0) is 0 Å². The molecule has 0 atom stereocenters. The van der Waals surface area contributed by atoms with Crippen LogP contribution in [0.3, 0.4) is 0 Å². The fourth-order valence-corrected chi connectivity index (χ4v) is 0.661. The van der Waals surface area contributed by atoms with Gasteiger partial charge in [0.1, 0.15) is 5.82 Å². The van der Waals surface area contributed by atoms with Gasteiger partial charge in [0.25, 0.3) is 0 Å². The van der Waals surface area contributed by atoms with Gasteiger partial charge in [0.2, 0.25) is 0 Å². The molecular formula is C7H13ClN2. The minimum absolute atomic E-state index is 0.564. The number of allylic oxidation sites excluding steroid dienone is 2. The average Bonchev–Trinajstić information content (AvgIpc) is 2.00. The highest BCUT2D eigenvalue weighted by molar-refractivity contribution is 6.31. The summed E-state index contributed by atoms with van der Waals surface area (Å²) >= 11 is 5.57. The molecule has 0 spiro atoms. The third kappa shape index (κ3) is 2.78. The van der Waals surface area contributed by atoms with Crippen molar-refractivity contribution in [2.24, 2.45) is 5.73 Å². The maximum absolute atomic E-state index is 5.57. The highest BCUT2D eigenvalue weighted by Crippen LogP contribution is 2.06. The summed E-state index contributed by atoms with van der Waals surface area (Å²) in [5.74, 6) is 0.564. The highest BCUT2D eigenvalue weighted by atomic mass is 35.5. The number of nitrogens with two attached hydrogens (primary N) is 1. The second-order valence-electron chi connectivity index (χ2n) is 1.54. The fraction of sp³-hybridized carbons (Fsp3) is 0.429. The molecule has 0 aromatic carbocycles. The van der Waals surface area contributed by atoms with Crippen molar-refractivity contribution < 1.29 is 0 Å². The average molecular weight is 161 g/mol. The van der Waals surface area contributed by atoms with Crippen LogP contribution in [0.4, 0.5) is 0 Å². The van der Waals surface area contributed by atoms with Crippen molar-refractivity contribution in [2.75, 3.05) is 6.54 Å². The van der Waals surface area contributed by atoms with E-state index in [0.717, 1.165) is 6.54 Å². The molecule has 2 nitrogen and oxygen atoms in total. The van der Waals surface area contributed by atoms with Crippen molar-refractivity contribution >= 4 is 11.6 Å². The largest absolute Gasteiger partial charge is 0.384 e. The van der Waals surface area contributed by atoms with E-state index < -0.39 is 0 Å². The smallest absolute Gasteiger partial charge is 0.115 e. The lowest BCUT2D eigenvalue weighted by atomic mass is 10.4. The summed E-state index contributed by atoms with van der Waals surface area (Å²) in [6.07, 6.45) is 3.70. The fourth-order valence-electron chi connectivity index (χ4n) is 0.505. The van der Waals surface area contributed by atoms with E-state index in [0.29, 0.717) is 10.9 Å². The van der Waals surface area contributed by atoms with Crippen molar-refractivity contribution in [1.82, 2.24) is 5.32 Å². The zero-order chi connectivity index (χ0) is 7.98. The molecule has 1 aliphatic rings. The Morgan fingerprint density at radius 1 is 1.60 bits per heavy atom. The summed E-state index contributed by atoms with van der Waals surface area (Å²) in [5, 5.41) is 3.46. The molecule has 0 bridgehead atoms. The molecule has 10 heavy (non-hydrogen) atoms. The lowest BCUT2D eigenvalue weighted by Gasteiger charge is -2.07. The lowest BCUT2D eigenvalue weighted by molar-refractivity contribution is 0.869. The van der Waals surface area contributed by atoms with Gasteiger partial charge in [0.15, 0.2) is 0 Å². The molecule has 0 amide bonds. The van der Waals surface area contributed by atoms with E-state index in [4.69, 9.17) is 17.3 Å². The summed E-state index contributed by atoms with van der Waals surface area (Å²) in [6, 6.07) is 0. The molecule has 0 unspecified atom stereocenters. The summed E-state index contributed by atoms with van der Waals surface area (Å²) in [6.45, 7) is 4.78. The quantitative estimate of drug-likeness (QED) is 0.564. The lowest BCUT2D eigenvalue weighted by Crippen LogP contribution is -2.23. The number of halogens is 1. The van der Waals surface area contributed by atoms with Crippen LogP contribution in [0.2, 0.25) is 0 Å². The van der Waals surface area contributed by atoms with Crippen LogP contribution in [0.5, 0.6) is 0 Å². The van der Waals surface area contributed by atoms with Crippen LogP contribution in [-0.4, -0.2) is 6.54 Å². The van der Waals surface area contributed by atoms with E-state index in [9.17, 15) is 0 Å². The molecule has 1 heterocycles. The Morgan fingerprint density at radius 2 is 2.20 bits per heavy atom. The van der Waals surface area contributed by atoms with E-state index >= 15 is 0 Å². The van der Waals surface area contributed by atoms with Crippen LogP contribution in [0.25, 0.3) is 0 Å². The molecular weight excluding hydrogens is 148 g/mol. The molecule has 1 rings (SSSR count). The number of dihydropyridines is 1. The van der Waals surface area contributed by atoms with Gasteiger partial charge < -0.3 is 11.1 Å². The Morgan fingerprint density at radius 3 is 2.50 bits per heavy atom. The first kappa shape index (κ1) is 9.37. The van der Waals surface area contributed by atoms with E-state index in [-0.39, 0.29) is 0 Å². The van der Waals surface area contributed by atoms with Gasteiger partial charge in [0.05, 0.1) is 5.03 Å². The number of nitrogens with one attached hydrogen (secondary N) is 1. The summed E-state index contributed by atoms with van der Waals surface area (Å²) in [5.41, 5.74) is 5.36. The van der Waals surface area contributed by atoms with Gasteiger partial charge in [-0.15, -0.1) is 0 Å². The minimum Gasteiger partial charge on any atom is -0.384 e. The highest BCUT2D eigenvalue weighted by Gasteiger charge is 1.97. The van der Waals surface area contributed by atoms with Gasteiger partial charge in [-0.25, -0.2) is 0 Å². The van der Waals surface area contributed by atoms with Crippen molar-refractivity contribution in [3.05, 3.63) is 23.0 Å². The van der Waals surface area contributed by atoms with E-state index in [1.165, 1.54) is 0 Å². The van der Waals surface area contributed by atoms with Gasteiger partial charge >= 0.3 is 0 Å². The molecule has 0 aliphatic carbocycles. The monoisotopic (exact) mass is 160 g/mol. The number of hydrogen-bond donors (Lipinski definition) is 2. The molecule has 0 saturated heterocycles. The normalized spacial score (nSPS) is 15.5. The Kier molecular flexibility index (Phi) is 4.85. The van der Waals surface area contributed by atoms with Gasteiger partial charge in [-0.3, -0.25) is 0 Å². The van der Waals surface area contributed by atoms with Crippen LogP contribution in [0.1, 0.15) is 13.8 Å².